The lowest BCUT2D eigenvalue weighted by Crippen LogP contribution is -2.50. The molecule has 4 aromatic rings. The van der Waals surface area contributed by atoms with Gasteiger partial charge in [-0.3, -0.25) is 0 Å². The average Bonchev–Trinajstić information content (AvgIpc) is 3.40. The molecule has 10 heteroatoms. The first-order valence-electron chi connectivity index (χ1n) is 11.9. The van der Waals surface area contributed by atoms with E-state index in [-0.39, 0.29) is 6.03 Å². The number of urea groups is 1. The molecule has 0 radical (unpaired) electrons. The van der Waals surface area contributed by atoms with E-state index in [1.807, 2.05) is 41.1 Å². The van der Waals surface area contributed by atoms with Crippen LogP contribution in [0.4, 0.5) is 16.2 Å². The Labute approximate surface area is 225 Å². The maximum atomic E-state index is 12.7. The van der Waals surface area contributed by atoms with Gasteiger partial charge in [-0.15, -0.1) is 0 Å². The molecule has 5 rings (SSSR count). The lowest BCUT2D eigenvalue weighted by molar-refractivity contribution is 0.208. The average molecular weight is 537 g/mol. The molecule has 8 nitrogen and oxygen atoms in total. The summed E-state index contributed by atoms with van der Waals surface area (Å²) in [6, 6.07) is 21.0. The minimum absolute atomic E-state index is 0.207. The molecule has 2 amide bonds. The molecule has 1 N–H and O–H groups in total. The third-order valence-electron chi connectivity index (χ3n) is 6.29. The number of benzene rings is 3. The molecule has 1 fully saturated rings. The molecular weight excluding hydrogens is 511 g/mol. The Morgan fingerprint density at radius 2 is 1.62 bits per heavy atom. The van der Waals surface area contributed by atoms with Gasteiger partial charge in [0.05, 0.1) is 29.4 Å². The zero-order chi connectivity index (χ0) is 25.8. The van der Waals surface area contributed by atoms with Gasteiger partial charge < -0.3 is 19.9 Å². The topological polar surface area (TPSA) is 75.5 Å². The minimum Gasteiger partial charge on any atom is -0.497 e. The molecule has 1 aromatic heterocycles. The number of anilines is 2. The summed E-state index contributed by atoms with van der Waals surface area (Å²) in [4.78, 5) is 21.2. The van der Waals surface area contributed by atoms with Crippen LogP contribution in [-0.4, -0.2) is 59.0 Å². The van der Waals surface area contributed by atoms with E-state index < -0.39 is 0 Å². The maximum Gasteiger partial charge on any atom is 0.322 e. The highest BCUT2D eigenvalue weighted by Gasteiger charge is 2.22. The van der Waals surface area contributed by atoms with Crippen molar-refractivity contribution in [3.63, 3.8) is 0 Å². The first-order chi connectivity index (χ1) is 18.0. The SMILES string of the molecule is COc1ccc(Cn2cnc(-c3ccc(N4CCN(C(=O)Nc5c(Cl)cccc5Cl)CC4)cc3)n2)cc1. The first kappa shape index (κ1) is 24.9. The molecule has 37 heavy (non-hydrogen) atoms. The van der Waals surface area contributed by atoms with Crippen LogP contribution in [0.5, 0.6) is 5.75 Å². The number of para-hydroxylation sites is 1. The number of nitrogens with zero attached hydrogens (tertiary/aromatic N) is 5. The molecule has 1 aliphatic heterocycles. The summed E-state index contributed by atoms with van der Waals surface area (Å²) in [6.45, 7) is 3.26. The van der Waals surface area contributed by atoms with Crippen molar-refractivity contribution in [2.24, 2.45) is 0 Å². The van der Waals surface area contributed by atoms with Crippen LogP contribution < -0.4 is 15.0 Å². The molecule has 1 aliphatic rings. The highest BCUT2D eigenvalue weighted by atomic mass is 35.5. The van der Waals surface area contributed by atoms with Crippen LogP contribution in [0.25, 0.3) is 11.4 Å². The van der Waals surface area contributed by atoms with Gasteiger partial charge >= 0.3 is 6.03 Å². The normalized spacial score (nSPS) is 13.5. The fourth-order valence-corrected chi connectivity index (χ4v) is 4.71. The number of carbonyl (C=O) groups excluding carboxylic acids is 1. The third kappa shape index (κ3) is 5.81. The van der Waals surface area contributed by atoms with Crippen LogP contribution in [0.15, 0.2) is 73.1 Å². The van der Waals surface area contributed by atoms with Gasteiger partial charge in [0.25, 0.3) is 0 Å². The summed E-state index contributed by atoms with van der Waals surface area (Å²) in [5.74, 6) is 1.51. The van der Waals surface area contributed by atoms with Crippen LogP contribution in [0, 0.1) is 0 Å². The van der Waals surface area contributed by atoms with E-state index in [2.05, 4.69) is 32.4 Å². The highest BCUT2D eigenvalue weighted by Crippen LogP contribution is 2.30. The van der Waals surface area contributed by atoms with Crippen LogP contribution in [0.2, 0.25) is 10.0 Å². The monoisotopic (exact) mass is 536 g/mol. The minimum atomic E-state index is -0.207. The van der Waals surface area contributed by atoms with Crippen molar-refractivity contribution in [3.8, 4) is 17.1 Å². The Hall–Kier alpha value is -3.75. The fraction of sp³-hybridized carbons (Fsp3) is 0.222. The Kier molecular flexibility index (Phi) is 7.48. The van der Waals surface area contributed by atoms with Crippen LogP contribution >= 0.6 is 23.2 Å². The fourth-order valence-electron chi connectivity index (χ4n) is 4.21. The van der Waals surface area contributed by atoms with Crippen molar-refractivity contribution in [2.45, 2.75) is 6.54 Å². The van der Waals surface area contributed by atoms with Gasteiger partial charge in [0, 0.05) is 37.4 Å². The molecular formula is C27H26Cl2N6O2. The number of hydrogen-bond acceptors (Lipinski definition) is 5. The summed E-state index contributed by atoms with van der Waals surface area (Å²) in [6.07, 6.45) is 1.74. The van der Waals surface area contributed by atoms with E-state index in [1.165, 1.54) is 0 Å². The lowest BCUT2D eigenvalue weighted by Gasteiger charge is -2.36. The second kappa shape index (κ2) is 11.1. The molecule has 2 heterocycles. The number of amides is 2. The van der Waals surface area contributed by atoms with E-state index in [9.17, 15) is 4.79 Å². The van der Waals surface area contributed by atoms with Gasteiger partial charge in [-0.2, -0.15) is 5.10 Å². The van der Waals surface area contributed by atoms with Gasteiger partial charge in [-0.25, -0.2) is 14.5 Å². The molecule has 0 aliphatic carbocycles. The number of nitrogens with one attached hydrogen (secondary N) is 1. The molecule has 1 saturated heterocycles. The number of carbonyl (C=O) groups is 1. The summed E-state index contributed by atoms with van der Waals surface area (Å²) in [5, 5.41) is 8.29. The smallest absolute Gasteiger partial charge is 0.322 e. The predicted molar refractivity (Wildman–Crippen MR) is 147 cm³/mol. The van der Waals surface area contributed by atoms with E-state index in [4.69, 9.17) is 27.9 Å². The highest BCUT2D eigenvalue weighted by molar-refractivity contribution is 6.39. The Morgan fingerprint density at radius 3 is 2.27 bits per heavy atom. The van der Waals surface area contributed by atoms with Crippen LogP contribution in [-0.2, 0) is 6.54 Å². The lowest BCUT2D eigenvalue weighted by atomic mass is 10.1. The quantitative estimate of drug-likeness (QED) is 0.344. The number of methoxy groups -OCH3 is 1. The summed E-state index contributed by atoms with van der Waals surface area (Å²) >= 11 is 12.4. The summed E-state index contributed by atoms with van der Waals surface area (Å²) in [5.41, 5.74) is 3.60. The molecule has 0 saturated carbocycles. The van der Waals surface area contributed by atoms with Crippen molar-refractivity contribution in [1.29, 1.82) is 0 Å². The standard InChI is InChI=1S/C27H26Cl2N6O2/c1-37-22-11-5-19(6-12-22)17-35-18-30-26(32-35)20-7-9-21(10-8-20)33-13-15-34(16-14-33)27(36)31-25-23(28)3-2-4-24(25)29/h2-12,18H,13-17H2,1H3,(H,31,36). The molecule has 0 bridgehead atoms. The van der Waals surface area contributed by atoms with Crippen molar-refractivity contribution < 1.29 is 9.53 Å². The van der Waals surface area contributed by atoms with Crippen molar-refractivity contribution in [2.75, 3.05) is 43.5 Å². The van der Waals surface area contributed by atoms with Gasteiger partial charge in [-0.05, 0) is 54.1 Å². The second-order valence-corrected chi connectivity index (χ2v) is 9.48. The summed E-state index contributed by atoms with van der Waals surface area (Å²) < 4.78 is 7.04. The van der Waals surface area contributed by atoms with Crippen LogP contribution in [0.1, 0.15) is 5.56 Å². The zero-order valence-electron chi connectivity index (χ0n) is 20.3. The van der Waals surface area contributed by atoms with Gasteiger partial charge in [0.2, 0.25) is 0 Å². The number of aromatic nitrogens is 3. The van der Waals surface area contributed by atoms with E-state index >= 15 is 0 Å². The summed E-state index contributed by atoms with van der Waals surface area (Å²) in [7, 11) is 1.66. The molecule has 190 valence electrons. The Morgan fingerprint density at radius 1 is 0.946 bits per heavy atom. The zero-order valence-corrected chi connectivity index (χ0v) is 21.8. The Balaban J connectivity index is 1.16. The van der Waals surface area contributed by atoms with Gasteiger partial charge in [-0.1, -0.05) is 41.4 Å². The molecule has 0 spiro atoms. The van der Waals surface area contributed by atoms with E-state index in [0.717, 1.165) is 35.7 Å². The molecule has 0 atom stereocenters. The third-order valence-corrected chi connectivity index (χ3v) is 6.92. The van der Waals surface area contributed by atoms with Gasteiger partial charge in [0.1, 0.15) is 12.1 Å². The number of hydrogen-bond donors (Lipinski definition) is 1. The van der Waals surface area contributed by atoms with Crippen LogP contribution in [0.3, 0.4) is 0 Å². The van der Waals surface area contributed by atoms with Gasteiger partial charge in [0.15, 0.2) is 5.82 Å². The van der Waals surface area contributed by atoms with Crippen molar-refractivity contribution >= 4 is 40.6 Å². The first-order valence-corrected chi connectivity index (χ1v) is 12.6. The maximum absolute atomic E-state index is 12.7. The second-order valence-electron chi connectivity index (χ2n) is 8.66. The molecule has 0 unspecified atom stereocenters. The Bertz CT molecular complexity index is 1350. The largest absolute Gasteiger partial charge is 0.497 e. The van der Waals surface area contributed by atoms with E-state index in [0.29, 0.717) is 41.2 Å². The van der Waals surface area contributed by atoms with E-state index in [1.54, 1.807) is 36.5 Å². The molecule has 3 aromatic carbocycles. The number of piperazine rings is 1. The predicted octanol–water partition coefficient (Wildman–Crippen LogP) is 5.66. The number of ether oxygens (including phenoxy) is 1. The van der Waals surface area contributed by atoms with Crippen molar-refractivity contribution in [3.05, 3.63) is 88.7 Å². The van der Waals surface area contributed by atoms with Crippen molar-refractivity contribution in [1.82, 2.24) is 19.7 Å². The number of rotatable bonds is 6. The number of halogens is 2.